The standard InChI is InChI=1S/C46H44N6/c1-23(2)43-47-29(9)49-45(51-43)37-22-38(46-50-30(10)48-44(52-46)24(3)4)34-20-18-32-36(40-27(7)15-12-16-28(40)8)21-35(39-25(5)13-11-14-26(39)6)31-17-19-33(37)42(34)41(31)32/h11-24H,1-10H3. The smallest absolute Gasteiger partial charge is 0.163 e. The Bertz CT molecular complexity index is 2490. The molecule has 0 radical (unpaired) electrons. The van der Waals surface area contributed by atoms with E-state index >= 15 is 0 Å². The highest BCUT2D eigenvalue weighted by Crippen LogP contribution is 2.49. The summed E-state index contributed by atoms with van der Waals surface area (Å²) in [7, 11) is 0. The Morgan fingerprint density at radius 2 is 0.712 bits per heavy atom. The Morgan fingerprint density at radius 3 is 1.06 bits per heavy atom. The predicted octanol–water partition coefficient (Wildman–Crippen LogP) is 11.7. The zero-order valence-corrected chi connectivity index (χ0v) is 31.8. The van der Waals surface area contributed by atoms with Crippen molar-refractivity contribution in [2.45, 2.75) is 81.1 Å². The lowest BCUT2D eigenvalue weighted by Crippen LogP contribution is -2.06. The van der Waals surface area contributed by atoms with E-state index in [1.165, 1.54) is 60.7 Å². The molecule has 0 aliphatic rings. The van der Waals surface area contributed by atoms with Gasteiger partial charge in [-0.15, -0.1) is 0 Å². The van der Waals surface area contributed by atoms with Crippen LogP contribution in [0.1, 0.15) is 85.1 Å². The molecule has 0 saturated carbocycles. The zero-order chi connectivity index (χ0) is 36.6. The van der Waals surface area contributed by atoms with Crippen molar-refractivity contribution in [3.8, 4) is 45.0 Å². The Balaban J connectivity index is 1.61. The lowest BCUT2D eigenvalue weighted by atomic mass is 9.81. The van der Waals surface area contributed by atoms with Crippen molar-refractivity contribution in [1.29, 1.82) is 0 Å². The average molecular weight is 681 g/mol. The molecule has 6 nitrogen and oxygen atoms in total. The van der Waals surface area contributed by atoms with Crippen LogP contribution < -0.4 is 0 Å². The van der Waals surface area contributed by atoms with Gasteiger partial charge in [-0.3, -0.25) is 0 Å². The van der Waals surface area contributed by atoms with E-state index in [-0.39, 0.29) is 11.8 Å². The lowest BCUT2D eigenvalue weighted by molar-refractivity contribution is 0.749. The maximum atomic E-state index is 5.09. The first-order chi connectivity index (χ1) is 24.9. The van der Waals surface area contributed by atoms with E-state index in [9.17, 15) is 0 Å². The van der Waals surface area contributed by atoms with Crippen molar-refractivity contribution in [2.75, 3.05) is 0 Å². The van der Waals surface area contributed by atoms with E-state index in [4.69, 9.17) is 29.9 Å². The molecule has 8 rings (SSSR count). The number of nitrogens with zero attached hydrogens (tertiary/aromatic N) is 6. The first kappa shape index (κ1) is 33.5. The van der Waals surface area contributed by atoms with E-state index in [1.54, 1.807) is 0 Å². The van der Waals surface area contributed by atoms with Crippen molar-refractivity contribution < 1.29 is 0 Å². The molecule has 0 bridgehead atoms. The molecule has 0 N–H and O–H groups in total. The van der Waals surface area contributed by atoms with Crippen LogP contribution in [0.2, 0.25) is 0 Å². The Hall–Kier alpha value is -5.62. The number of benzene rings is 6. The van der Waals surface area contributed by atoms with E-state index in [0.29, 0.717) is 23.3 Å². The molecular weight excluding hydrogens is 637 g/mol. The van der Waals surface area contributed by atoms with Gasteiger partial charge in [-0.25, -0.2) is 29.9 Å². The topological polar surface area (TPSA) is 77.3 Å². The van der Waals surface area contributed by atoms with Gasteiger partial charge in [0.2, 0.25) is 0 Å². The number of rotatable bonds is 6. The average Bonchev–Trinajstić information content (AvgIpc) is 3.10. The van der Waals surface area contributed by atoms with Crippen molar-refractivity contribution >= 4 is 32.3 Å². The molecule has 0 amide bonds. The molecule has 2 heterocycles. The van der Waals surface area contributed by atoms with Crippen LogP contribution in [0.4, 0.5) is 0 Å². The van der Waals surface area contributed by atoms with Gasteiger partial charge in [0.15, 0.2) is 11.6 Å². The zero-order valence-electron chi connectivity index (χ0n) is 31.8. The Kier molecular flexibility index (Phi) is 8.09. The van der Waals surface area contributed by atoms with Gasteiger partial charge < -0.3 is 0 Å². The SMILES string of the molecule is Cc1nc(-c2cc(-c3nc(C)nc(C(C)C)n3)c3ccc4c(-c5c(C)cccc5C)cc(-c5c(C)cccc5C)c5ccc2c3c54)nc(C(C)C)n1. The summed E-state index contributed by atoms with van der Waals surface area (Å²) in [5.41, 5.74) is 11.9. The maximum absolute atomic E-state index is 5.09. The van der Waals surface area contributed by atoms with Gasteiger partial charge >= 0.3 is 0 Å². The van der Waals surface area contributed by atoms with Crippen LogP contribution in [0.3, 0.4) is 0 Å². The van der Waals surface area contributed by atoms with Gasteiger partial charge in [-0.2, -0.15) is 0 Å². The molecule has 0 spiro atoms. The van der Waals surface area contributed by atoms with Crippen LogP contribution in [-0.4, -0.2) is 29.9 Å². The second-order valence-electron chi connectivity index (χ2n) is 15.0. The molecule has 2 aromatic heterocycles. The summed E-state index contributed by atoms with van der Waals surface area (Å²) in [4.78, 5) is 29.5. The summed E-state index contributed by atoms with van der Waals surface area (Å²) in [5.74, 6) is 4.59. The minimum Gasteiger partial charge on any atom is -0.218 e. The molecule has 0 unspecified atom stereocenters. The second kappa shape index (κ2) is 12.6. The normalized spacial score (nSPS) is 12.0. The minimum atomic E-state index is 0.152. The molecule has 0 saturated heterocycles. The molecule has 258 valence electrons. The summed E-state index contributed by atoms with van der Waals surface area (Å²) in [5, 5.41) is 7.01. The monoisotopic (exact) mass is 680 g/mol. The summed E-state index contributed by atoms with van der Waals surface area (Å²) in [6.07, 6.45) is 0. The van der Waals surface area contributed by atoms with Gasteiger partial charge in [0.1, 0.15) is 23.3 Å². The van der Waals surface area contributed by atoms with E-state index in [0.717, 1.165) is 38.9 Å². The molecule has 6 heteroatoms. The third kappa shape index (κ3) is 5.40. The van der Waals surface area contributed by atoms with Crippen molar-refractivity contribution in [1.82, 2.24) is 29.9 Å². The third-order valence-corrected chi connectivity index (χ3v) is 10.4. The fourth-order valence-electron chi connectivity index (χ4n) is 8.02. The third-order valence-electron chi connectivity index (χ3n) is 10.4. The van der Waals surface area contributed by atoms with Crippen LogP contribution in [-0.2, 0) is 0 Å². The van der Waals surface area contributed by atoms with Gasteiger partial charge in [0, 0.05) is 23.0 Å². The summed E-state index contributed by atoms with van der Waals surface area (Å²) in [6, 6.07) is 27.0. The Morgan fingerprint density at radius 1 is 0.385 bits per heavy atom. The number of aryl methyl sites for hydroxylation is 6. The minimum absolute atomic E-state index is 0.152. The van der Waals surface area contributed by atoms with Crippen molar-refractivity contribution in [3.63, 3.8) is 0 Å². The number of aromatic nitrogens is 6. The van der Waals surface area contributed by atoms with Gasteiger partial charge in [0.25, 0.3) is 0 Å². The molecular formula is C46H44N6. The molecule has 0 atom stereocenters. The van der Waals surface area contributed by atoms with Crippen LogP contribution in [0.15, 0.2) is 72.8 Å². The van der Waals surface area contributed by atoms with Gasteiger partial charge in [-0.05, 0) is 131 Å². The number of hydrogen-bond acceptors (Lipinski definition) is 6. The number of hydrogen-bond donors (Lipinski definition) is 0. The summed E-state index contributed by atoms with van der Waals surface area (Å²) < 4.78 is 0. The highest BCUT2D eigenvalue weighted by atomic mass is 15.0. The largest absolute Gasteiger partial charge is 0.218 e. The molecule has 0 aliphatic heterocycles. The van der Waals surface area contributed by atoms with Crippen molar-refractivity contribution in [3.05, 3.63) is 118 Å². The lowest BCUT2D eigenvalue weighted by Gasteiger charge is -2.23. The van der Waals surface area contributed by atoms with Crippen molar-refractivity contribution in [2.24, 2.45) is 0 Å². The molecule has 52 heavy (non-hydrogen) atoms. The highest BCUT2D eigenvalue weighted by molar-refractivity contribution is 6.31. The van der Waals surface area contributed by atoms with Crippen LogP contribution in [0.25, 0.3) is 77.3 Å². The summed E-state index contributed by atoms with van der Waals surface area (Å²) in [6.45, 7) is 21.3. The van der Waals surface area contributed by atoms with Crippen LogP contribution >= 0.6 is 0 Å². The van der Waals surface area contributed by atoms with Crippen LogP contribution in [0, 0.1) is 41.5 Å². The summed E-state index contributed by atoms with van der Waals surface area (Å²) >= 11 is 0. The fourth-order valence-corrected chi connectivity index (χ4v) is 8.02. The molecule has 0 fully saturated rings. The van der Waals surface area contributed by atoms with E-state index in [2.05, 4.69) is 128 Å². The molecule has 8 aromatic rings. The second-order valence-corrected chi connectivity index (χ2v) is 15.0. The Labute approximate surface area is 305 Å². The van der Waals surface area contributed by atoms with E-state index < -0.39 is 0 Å². The molecule has 6 aromatic carbocycles. The first-order valence-electron chi connectivity index (χ1n) is 18.3. The first-order valence-corrected chi connectivity index (χ1v) is 18.3. The van der Waals surface area contributed by atoms with Crippen LogP contribution in [0.5, 0.6) is 0 Å². The maximum Gasteiger partial charge on any atom is 0.163 e. The van der Waals surface area contributed by atoms with Gasteiger partial charge in [0.05, 0.1) is 0 Å². The predicted molar refractivity (Wildman–Crippen MR) is 215 cm³/mol. The highest BCUT2D eigenvalue weighted by Gasteiger charge is 2.25. The fraction of sp³-hybridized carbons (Fsp3) is 0.261. The quantitative estimate of drug-likeness (QED) is 0.163. The molecule has 0 aliphatic carbocycles. The van der Waals surface area contributed by atoms with Gasteiger partial charge in [-0.1, -0.05) is 88.4 Å². The van der Waals surface area contributed by atoms with E-state index in [1.807, 2.05) is 13.8 Å².